The smallest absolute Gasteiger partial charge is 0.290 e. The van der Waals surface area contributed by atoms with Crippen molar-refractivity contribution in [1.29, 1.82) is 0 Å². The van der Waals surface area contributed by atoms with E-state index in [0.717, 1.165) is 51.4 Å². The molecule has 0 fully saturated rings. The maximum atomic E-state index is 12.5. The Morgan fingerprint density at radius 3 is 1.85 bits per heavy atom. The molecule has 0 aliphatic rings. The van der Waals surface area contributed by atoms with Gasteiger partial charge in [0.05, 0.1) is 12.2 Å². The zero-order valence-electron chi connectivity index (χ0n) is 13.9. The molecule has 4 nitrogen and oxygen atoms in total. The average molecular weight is 308 g/mol. The lowest BCUT2D eigenvalue weighted by molar-refractivity contribution is 0.0125. The van der Waals surface area contributed by atoms with E-state index in [4.69, 9.17) is 13.6 Å². The Kier molecular flexibility index (Phi) is 10.8. The van der Waals surface area contributed by atoms with Gasteiger partial charge in [-0.2, -0.15) is 0 Å². The van der Waals surface area contributed by atoms with E-state index in [0.29, 0.717) is 6.61 Å². The van der Waals surface area contributed by atoms with Crippen molar-refractivity contribution in [2.45, 2.75) is 84.7 Å². The molecule has 0 aromatic rings. The first-order chi connectivity index (χ1) is 9.45. The van der Waals surface area contributed by atoms with Crippen LogP contribution < -0.4 is 0 Å². The van der Waals surface area contributed by atoms with Gasteiger partial charge < -0.3 is 0 Å². The normalized spacial score (nSPS) is 15.2. The first-order valence-corrected chi connectivity index (χ1v) is 9.42. The molecule has 0 aromatic heterocycles. The fraction of sp³-hybridized carbons (Fsp3) is 1.00. The molecule has 1 unspecified atom stereocenters. The van der Waals surface area contributed by atoms with Crippen molar-refractivity contribution < 1.29 is 18.1 Å². The quantitative estimate of drug-likeness (QED) is 0.323. The van der Waals surface area contributed by atoms with Crippen molar-refractivity contribution in [3.63, 3.8) is 0 Å². The van der Waals surface area contributed by atoms with E-state index in [-0.39, 0.29) is 0 Å². The zero-order chi connectivity index (χ0) is 15.5. The summed E-state index contributed by atoms with van der Waals surface area (Å²) in [6.45, 7) is 8.79. The van der Waals surface area contributed by atoms with E-state index in [1.54, 1.807) is 0 Å². The van der Waals surface area contributed by atoms with Crippen LogP contribution in [0.15, 0.2) is 0 Å². The summed E-state index contributed by atoms with van der Waals surface area (Å²) >= 11 is 0. The van der Waals surface area contributed by atoms with Crippen LogP contribution in [0.3, 0.4) is 0 Å². The molecule has 0 heterocycles. The maximum absolute atomic E-state index is 12.5. The van der Waals surface area contributed by atoms with Gasteiger partial charge in [0.1, 0.15) is 0 Å². The summed E-state index contributed by atoms with van der Waals surface area (Å²) in [7, 11) is -2.04. The number of unbranched alkanes of at least 4 members (excludes halogenated alkanes) is 3. The van der Waals surface area contributed by atoms with Gasteiger partial charge >= 0.3 is 7.82 Å². The molecule has 0 rings (SSSR count). The number of hydrogen-bond acceptors (Lipinski definition) is 4. The highest BCUT2D eigenvalue weighted by Crippen LogP contribution is 2.53. The lowest BCUT2D eigenvalue weighted by Gasteiger charge is -2.32. The van der Waals surface area contributed by atoms with Gasteiger partial charge in [0, 0.05) is 7.11 Å². The Hall–Kier alpha value is 0.110. The molecule has 0 amide bonds. The second-order valence-corrected chi connectivity index (χ2v) is 7.27. The topological polar surface area (TPSA) is 44.8 Å². The van der Waals surface area contributed by atoms with Crippen molar-refractivity contribution >= 4 is 7.82 Å². The van der Waals surface area contributed by atoms with Crippen LogP contribution in [0.25, 0.3) is 0 Å². The molecule has 20 heavy (non-hydrogen) atoms. The third-order valence-electron chi connectivity index (χ3n) is 3.42. The van der Waals surface area contributed by atoms with Crippen LogP contribution in [0.4, 0.5) is 0 Å². The number of phosphoric ester groups is 1. The second kappa shape index (κ2) is 10.8. The molecular weight excluding hydrogens is 275 g/mol. The SMILES string of the molecule is CCCCOP(=O)(OC)OC(C)(CCCC)CCCC. The van der Waals surface area contributed by atoms with Gasteiger partial charge in [-0.25, -0.2) is 4.57 Å². The van der Waals surface area contributed by atoms with E-state index in [1.165, 1.54) is 7.11 Å². The zero-order valence-corrected chi connectivity index (χ0v) is 14.8. The van der Waals surface area contributed by atoms with Crippen molar-refractivity contribution in [1.82, 2.24) is 0 Å². The summed E-state index contributed by atoms with van der Waals surface area (Å²) in [5.41, 5.74) is -0.427. The minimum Gasteiger partial charge on any atom is -0.290 e. The minimum absolute atomic E-state index is 0.416. The van der Waals surface area contributed by atoms with E-state index < -0.39 is 13.4 Å². The Morgan fingerprint density at radius 1 is 0.950 bits per heavy atom. The summed E-state index contributed by atoms with van der Waals surface area (Å²) in [6, 6.07) is 0. The molecule has 5 heteroatoms. The molecule has 0 N–H and O–H groups in total. The number of phosphoric acid groups is 1. The van der Waals surface area contributed by atoms with Crippen LogP contribution in [-0.4, -0.2) is 19.3 Å². The van der Waals surface area contributed by atoms with Crippen molar-refractivity contribution in [2.24, 2.45) is 0 Å². The first-order valence-electron chi connectivity index (χ1n) is 7.96. The van der Waals surface area contributed by atoms with Gasteiger partial charge in [-0.1, -0.05) is 52.9 Å². The molecule has 0 spiro atoms. The summed E-state index contributed by atoms with van der Waals surface area (Å²) in [5.74, 6) is 0. The molecule has 0 aromatic carbocycles. The third-order valence-corrected chi connectivity index (χ3v) is 5.03. The third kappa shape index (κ3) is 8.41. The van der Waals surface area contributed by atoms with E-state index in [1.807, 2.05) is 6.92 Å². The summed E-state index contributed by atoms with van der Waals surface area (Å²) < 4.78 is 28.8. The van der Waals surface area contributed by atoms with Crippen molar-refractivity contribution in [3.8, 4) is 0 Å². The summed E-state index contributed by atoms with van der Waals surface area (Å²) in [4.78, 5) is 0. The van der Waals surface area contributed by atoms with Crippen LogP contribution in [0.2, 0.25) is 0 Å². The Morgan fingerprint density at radius 2 is 1.45 bits per heavy atom. The molecule has 0 aliphatic heterocycles. The lowest BCUT2D eigenvalue weighted by Crippen LogP contribution is -2.28. The van der Waals surface area contributed by atoms with Crippen molar-refractivity contribution in [3.05, 3.63) is 0 Å². The largest absolute Gasteiger partial charge is 0.475 e. The fourth-order valence-electron chi connectivity index (χ4n) is 2.02. The maximum Gasteiger partial charge on any atom is 0.475 e. The highest BCUT2D eigenvalue weighted by molar-refractivity contribution is 7.48. The predicted octanol–water partition coefficient (Wildman–Crippen LogP) is 5.71. The van der Waals surface area contributed by atoms with Gasteiger partial charge in [0.2, 0.25) is 0 Å². The lowest BCUT2D eigenvalue weighted by atomic mass is 9.93. The van der Waals surface area contributed by atoms with E-state index >= 15 is 0 Å². The highest BCUT2D eigenvalue weighted by Gasteiger charge is 2.36. The first kappa shape index (κ1) is 20.1. The predicted molar refractivity (Wildman–Crippen MR) is 84.0 cm³/mol. The molecular formula is C15H33O4P. The standard InChI is InChI=1S/C15H33O4P/c1-6-9-12-15(4,13-10-7-2)19-20(16,17-5)18-14-11-8-3/h6-14H2,1-5H3. The number of rotatable bonds is 13. The van der Waals surface area contributed by atoms with Crippen LogP contribution in [0.5, 0.6) is 0 Å². The van der Waals surface area contributed by atoms with Gasteiger partial charge in [0.25, 0.3) is 0 Å². The fourth-order valence-corrected chi connectivity index (χ4v) is 3.33. The second-order valence-electron chi connectivity index (χ2n) is 5.56. The van der Waals surface area contributed by atoms with Crippen molar-refractivity contribution in [2.75, 3.05) is 13.7 Å². The van der Waals surface area contributed by atoms with Gasteiger partial charge in [0.15, 0.2) is 0 Å². The minimum atomic E-state index is -3.43. The molecule has 0 saturated carbocycles. The molecule has 0 aliphatic carbocycles. The molecule has 1 atom stereocenters. The van der Waals surface area contributed by atoms with Gasteiger partial charge in [-0.15, -0.1) is 0 Å². The van der Waals surface area contributed by atoms with Crippen LogP contribution >= 0.6 is 7.82 Å². The molecule has 0 radical (unpaired) electrons. The monoisotopic (exact) mass is 308 g/mol. The number of hydrogen-bond donors (Lipinski definition) is 0. The van der Waals surface area contributed by atoms with Crippen LogP contribution in [0.1, 0.15) is 79.1 Å². The Balaban J connectivity index is 4.66. The highest BCUT2D eigenvalue weighted by atomic mass is 31.2. The van der Waals surface area contributed by atoms with Gasteiger partial charge in [-0.05, 0) is 26.2 Å². The molecule has 0 bridgehead atoms. The molecule has 122 valence electrons. The summed E-state index contributed by atoms with van der Waals surface area (Å²) in [5, 5.41) is 0. The Labute approximate surface area is 125 Å². The van der Waals surface area contributed by atoms with E-state index in [9.17, 15) is 4.57 Å². The molecule has 0 saturated heterocycles. The van der Waals surface area contributed by atoms with E-state index in [2.05, 4.69) is 20.8 Å². The Bertz CT molecular complexity index is 273. The summed E-state index contributed by atoms with van der Waals surface area (Å²) in [6.07, 6.45) is 7.92. The van der Waals surface area contributed by atoms with Crippen LogP contribution in [-0.2, 0) is 18.1 Å². The van der Waals surface area contributed by atoms with Gasteiger partial charge in [-0.3, -0.25) is 13.6 Å². The van der Waals surface area contributed by atoms with Crippen LogP contribution in [0, 0.1) is 0 Å². The average Bonchev–Trinajstić information content (AvgIpc) is 2.43.